The van der Waals surface area contributed by atoms with Gasteiger partial charge in [-0.1, -0.05) is 19.9 Å². The zero-order chi connectivity index (χ0) is 19.0. The second-order valence-electron chi connectivity index (χ2n) is 8.32. The Morgan fingerprint density at radius 2 is 2.26 bits per heavy atom. The van der Waals surface area contributed by atoms with Gasteiger partial charge in [0.15, 0.2) is 5.82 Å². The van der Waals surface area contributed by atoms with Crippen LogP contribution in [-0.2, 0) is 16.8 Å². The maximum absolute atomic E-state index is 12.7. The highest BCUT2D eigenvalue weighted by atomic mass is 16.2. The van der Waals surface area contributed by atoms with Crippen LogP contribution in [0.5, 0.6) is 0 Å². The molecular weight excluding hydrogens is 340 g/mol. The Kier molecular flexibility index (Phi) is 4.72. The van der Waals surface area contributed by atoms with Crippen molar-refractivity contribution in [1.82, 2.24) is 30.0 Å². The van der Waals surface area contributed by atoms with Gasteiger partial charge in [-0.25, -0.2) is 4.98 Å². The summed E-state index contributed by atoms with van der Waals surface area (Å²) in [5.41, 5.74) is 1.09. The highest BCUT2D eigenvalue weighted by Crippen LogP contribution is 2.44. The van der Waals surface area contributed by atoms with Gasteiger partial charge in [-0.3, -0.25) is 19.8 Å². The van der Waals surface area contributed by atoms with Crippen LogP contribution in [0.2, 0.25) is 0 Å². The van der Waals surface area contributed by atoms with E-state index in [2.05, 4.69) is 31.1 Å². The number of nitrogens with zero attached hydrogens (tertiary/aromatic N) is 5. The molecule has 2 fully saturated rings. The minimum atomic E-state index is -0.138. The van der Waals surface area contributed by atoms with Crippen molar-refractivity contribution in [3.05, 3.63) is 41.7 Å². The van der Waals surface area contributed by atoms with E-state index in [1.807, 2.05) is 44.1 Å². The van der Waals surface area contributed by atoms with E-state index in [9.17, 15) is 4.79 Å². The molecule has 1 N–H and O–H groups in total. The number of aryl methyl sites for hydroxylation is 1. The van der Waals surface area contributed by atoms with E-state index in [-0.39, 0.29) is 17.2 Å². The molecule has 0 spiro atoms. The highest BCUT2D eigenvalue weighted by molar-refractivity contribution is 5.78. The first-order valence-electron chi connectivity index (χ1n) is 9.77. The van der Waals surface area contributed by atoms with Crippen molar-refractivity contribution in [3.63, 3.8) is 0 Å². The maximum Gasteiger partial charge on any atom is 0.225 e. The molecule has 27 heavy (non-hydrogen) atoms. The summed E-state index contributed by atoms with van der Waals surface area (Å²) in [6, 6.07) is 4.11. The summed E-state index contributed by atoms with van der Waals surface area (Å²) in [6.45, 7) is 10.2. The first kappa shape index (κ1) is 18.1. The highest BCUT2D eigenvalue weighted by Gasteiger charge is 2.54. The third-order valence-corrected chi connectivity index (χ3v) is 6.03. The lowest BCUT2D eigenvalue weighted by atomic mass is 9.72. The van der Waals surface area contributed by atoms with Crippen molar-refractivity contribution >= 4 is 5.91 Å². The van der Waals surface area contributed by atoms with Gasteiger partial charge in [0.05, 0.1) is 5.41 Å². The molecule has 7 heteroatoms. The second kappa shape index (κ2) is 7.03. The SMILES string of the molecule is Cc1nc([C@@]23CCN(Cc4cccnc4)C[C@@H]2CN(C(=O)C(C)C)C3)n[nH]1. The standard InChI is InChI=1S/C20H28N6O/c1-14(2)18(27)26-12-17-11-25(10-16-5-4-7-21-9-16)8-6-20(17,13-26)19-22-15(3)23-24-19/h4-5,7,9,14,17H,6,8,10-13H2,1-3H3,(H,22,23,24)/t17-,20-/m1/s1. The van der Waals surface area contributed by atoms with E-state index in [1.165, 1.54) is 5.56 Å². The maximum atomic E-state index is 12.7. The molecular formula is C20H28N6O. The van der Waals surface area contributed by atoms with Gasteiger partial charge in [-0.2, -0.15) is 5.10 Å². The zero-order valence-corrected chi connectivity index (χ0v) is 16.4. The van der Waals surface area contributed by atoms with Gasteiger partial charge in [0.25, 0.3) is 0 Å². The van der Waals surface area contributed by atoms with Crippen LogP contribution in [0.15, 0.2) is 24.5 Å². The molecule has 2 aliphatic heterocycles. The summed E-state index contributed by atoms with van der Waals surface area (Å²) < 4.78 is 0. The number of piperidine rings is 1. The molecule has 0 radical (unpaired) electrons. The van der Waals surface area contributed by atoms with Crippen LogP contribution in [0.4, 0.5) is 0 Å². The van der Waals surface area contributed by atoms with Gasteiger partial charge in [0, 0.05) is 50.4 Å². The second-order valence-corrected chi connectivity index (χ2v) is 8.32. The topological polar surface area (TPSA) is 78.0 Å². The Morgan fingerprint density at radius 3 is 2.93 bits per heavy atom. The molecule has 0 aliphatic carbocycles. The number of carbonyl (C=O) groups excluding carboxylic acids is 1. The molecule has 144 valence electrons. The number of fused-ring (bicyclic) bond motifs is 1. The largest absolute Gasteiger partial charge is 0.341 e. The molecule has 2 atom stereocenters. The van der Waals surface area contributed by atoms with E-state index in [0.29, 0.717) is 5.92 Å². The van der Waals surface area contributed by atoms with Crippen LogP contribution in [0.3, 0.4) is 0 Å². The Bertz CT molecular complexity index is 804. The first-order valence-corrected chi connectivity index (χ1v) is 9.77. The molecule has 1 amide bonds. The molecule has 2 aliphatic rings. The van der Waals surface area contributed by atoms with E-state index in [1.54, 1.807) is 0 Å². The number of likely N-dealkylation sites (tertiary alicyclic amines) is 2. The van der Waals surface area contributed by atoms with Crippen molar-refractivity contribution in [1.29, 1.82) is 0 Å². The Balaban J connectivity index is 1.58. The number of hydrogen-bond donors (Lipinski definition) is 1. The van der Waals surface area contributed by atoms with Gasteiger partial charge < -0.3 is 4.90 Å². The minimum absolute atomic E-state index is 0.0163. The number of aromatic amines is 1. The number of rotatable bonds is 4. The minimum Gasteiger partial charge on any atom is -0.341 e. The van der Waals surface area contributed by atoms with Gasteiger partial charge >= 0.3 is 0 Å². The van der Waals surface area contributed by atoms with Crippen LogP contribution in [0.1, 0.15) is 37.5 Å². The van der Waals surface area contributed by atoms with Crippen LogP contribution in [-0.4, -0.2) is 62.1 Å². The molecule has 0 unspecified atom stereocenters. The van der Waals surface area contributed by atoms with Crippen LogP contribution < -0.4 is 0 Å². The molecule has 0 saturated carbocycles. The first-order chi connectivity index (χ1) is 13.0. The lowest BCUT2D eigenvalue weighted by Crippen LogP contribution is -2.49. The van der Waals surface area contributed by atoms with Gasteiger partial charge in [0.1, 0.15) is 5.82 Å². The number of nitrogens with one attached hydrogen (secondary N) is 1. The average Bonchev–Trinajstić information content (AvgIpc) is 3.26. The quantitative estimate of drug-likeness (QED) is 0.890. The Morgan fingerprint density at radius 1 is 1.41 bits per heavy atom. The monoisotopic (exact) mass is 368 g/mol. The molecule has 0 bridgehead atoms. The molecule has 2 saturated heterocycles. The van der Waals surface area contributed by atoms with Gasteiger partial charge in [-0.05, 0) is 31.5 Å². The summed E-state index contributed by atoms with van der Waals surface area (Å²) in [5, 5.41) is 7.52. The zero-order valence-electron chi connectivity index (χ0n) is 16.4. The van der Waals surface area contributed by atoms with Gasteiger partial charge in [0.2, 0.25) is 5.91 Å². The molecule has 4 rings (SSSR count). The number of hydrogen-bond acceptors (Lipinski definition) is 5. The number of pyridine rings is 1. The third-order valence-electron chi connectivity index (χ3n) is 6.03. The van der Waals surface area contributed by atoms with Crippen LogP contribution >= 0.6 is 0 Å². The molecule has 7 nitrogen and oxygen atoms in total. The lowest BCUT2D eigenvalue weighted by molar-refractivity contribution is -0.133. The number of H-pyrrole nitrogens is 1. The molecule has 4 heterocycles. The van der Waals surface area contributed by atoms with Crippen molar-refractivity contribution in [2.24, 2.45) is 11.8 Å². The molecule has 2 aromatic heterocycles. The van der Waals surface area contributed by atoms with E-state index >= 15 is 0 Å². The van der Waals surface area contributed by atoms with Crippen LogP contribution in [0, 0.1) is 18.8 Å². The lowest BCUT2D eigenvalue weighted by Gasteiger charge is -2.41. The fraction of sp³-hybridized carbons (Fsp3) is 0.600. The van der Waals surface area contributed by atoms with Crippen LogP contribution in [0.25, 0.3) is 0 Å². The fourth-order valence-electron chi connectivity index (χ4n) is 4.61. The van der Waals surface area contributed by atoms with Crippen molar-refractivity contribution in [3.8, 4) is 0 Å². The van der Waals surface area contributed by atoms with E-state index in [0.717, 1.165) is 50.8 Å². The van der Waals surface area contributed by atoms with E-state index in [4.69, 9.17) is 0 Å². The van der Waals surface area contributed by atoms with Crippen molar-refractivity contribution in [2.45, 2.75) is 39.2 Å². The average molecular weight is 368 g/mol. The molecule has 0 aromatic carbocycles. The normalized spacial score (nSPS) is 25.8. The number of aromatic nitrogens is 4. The summed E-state index contributed by atoms with van der Waals surface area (Å²) in [5.74, 6) is 2.31. The van der Waals surface area contributed by atoms with Gasteiger partial charge in [-0.15, -0.1) is 0 Å². The summed E-state index contributed by atoms with van der Waals surface area (Å²) in [4.78, 5) is 26.1. The number of carbonyl (C=O) groups is 1. The predicted molar refractivity (Wildman–Crippen MR) is 102 cm³/mol. The Labute approximate surface area is 160 Å². The van der Waals surface area contributed by atoms with Crippen molar-refractivity contribution in [2.75, 3.05) is 26.2 Å². The predicted octanol–water partition coefficient (Wildman–Crippen LogP) is 1.77. The summed E-state index contributed by atoms with van der Waals surface area (Å²) in [7, 11) is 0. The fourth-order valence-corrected chi connectivity index (χ4v) is 4.61. The van der Waals surface area contributed by atoms with Crippen molar-refractivity contribution < 1.29 is 4.79 Å². The summed E-state index contributed by atoms with van der Waals surface area (Å²) in [6.07, 6.45) is 4.71. The summed E-state index contributed by atoms with van der Waals surface area (Å²) >= 11 is 0. The van der Waals surface area contributed by atoms with E-state index < -0.39 is 0 Å². The number of amides is 1. The smallest absolute Gasteiger partial charge is 0.225 e. The third kappa shape index (κ3) is 3.36. The Hall–Kier alpha value is -2.28. The molecule has 2 aromatic rings.